The molecule has 0 radical (unpaired) electrons. The summed E-state index contributed by atoms with van der Waals surface area (Å²) in [6.45, 7) is 6.67. The van der Waals surface area contributed by atoms with Crippen molar-refractivity contribution in [3.63, 3.8) is 0 Å². The Bertz CT molecular complexity index is 224. The van der Waals surface area contributed by atoms with E-state index in [1.54, 1.807) is 0 Å². The summed E-state index contributed by atoms with van der Waals surface area (Å²) in [4.78, 5) is 25.7. The number of rotatable bonds is 0. The smallest absolute Gasteiger partial charge is 0.243 e. The highest BCUT2D eigenvalue weighted by Gasteiger charge is 2.33. The molecule has 0 aromatic carbocycles. The van der Waals surface area contributed by atoms with Crippen molar-refractivity contribution in [1.29, 1.82) is 0 Å². The first-order valence-corrected chi connectivity index (χ1v) is 4.37. The molecule has 13 heavy (non-hydrogen) atoms. The Morgan fingerprint density at radius 2 is 1.46 bits per heavy atom. The fourth-order valence-corrected chi connectivity index (χ4v) is 1.21. The van der Waals surface area contributed by atoms with Crippen molar-refractivity contribution >= 4 is 11.8 Å². The summed E-state index contributed by atoms with van der Waals surface area (Å²) in [5, 5.41) is 0. The minimum Gasteiger partial charge on any atom is -0.284 e. The van der Waals surface area contributed by atoms with Crippen molar-refractivity contribution in [3.05, 3.63) is 0 Å². The van der Waals surface area contributed by atoms with Gasteiger partial charge in [0.2, 0.25) is 11.8 Å². The molecule has 0 aliphatic carbocycles. The Morgan fingerprint density at radius 3 is 1.77 bits per heavy atom. The first-order chi connectivity index (χ1) is 5.82. The van der Waals surface area contributed by atoms with Crippen molar-refractivity contribution < 1.29 is 9.59 Å². The lowest BCUT2D eigenvalue weighted by atomic mass is 10.0. The van der Waals surface area contributed by atoms with Gasteiger partial charge in [0.1, 0.15) is 0 Å². The van der Waals surface area contributed by atoms with Crippen LogP contribution in [0.5, 0.6) is 0 Å². The fourth-order valence-electron chi connectivity index (χ4n) is 1.21. The van der Waals surface area contributed by atoms with Gasteiger partial charge in [-0.1, -0.05) is 0 Å². The van der Waals surface area contributed by atoms with E-state index in [0.717, 1.165) is 0 Å². The van der Waals surface area contributed by atoms with Crippen LogP contribution in [0.25, 0.3) is 0 Å². The van der Waals surface area contributed by atoms with E-state index in [1.807, 2.05) is 25.7 Å². The standard InChI is InChI=1S/C9H16N2O2/c1-9(2,3)11-5-7(12)10(4)8(13)6-11/h5-6H2,1-4H3. The van der Waals surface area contributed by atoms with E-state index in [2.05, 4.69) is 0 Å². The second kappa shape index (κ2) is 3.10. The molecule has 2 amide bonds. The van der Waals surface area contributed by atoms with Gasteiger partial charge < -0.3 is 0 Å². The molecule has 0 saturated carbocycles. The summed E-state index contributed by atoms with van der Waals surface area (Å²) in [6, 6.07) is 0. The minimum atomic E-state index is -0.119. The van der Waals surface area contributed by atoms with Crippen LogP contribution in [-0.4, -0.2) is 47.3 Å². The van der Waals surface area contributed by atoms with Crippen molar-refractivity contribution in [1.82, 2.24) is 9.80 Å². The monoisotopic (exact) mass is 184 g/mol. The lowest BCUT2D eigenvalue weighted by Crippen LogP contribution is -2.57. The molecular weight excluding hydrogens is 168 g/mol. The summed E-state index contributed by atoms with van der Waals surface area (Å²) in [6.07, 6.45) is 0. The molecule has 4 nitrogen and oxygen atoms in total. The molecule has 1 saturated heterocycles. The zero-order valence-electron chi connectivity index (χ0n) is 8.63. The van der Waals surface area contributed by atoms with Crippen LogP contribution < -0.4 is 0 Å². The maximum absolute atomic E-state index is 11.3. The number of carbonyl (C=O) groups excluding carboxylic acids is 2. The highest BCUT2D eigenvalue weighted by molar-refractivity contribution is 5.99. The number of carbonyl (C=O) groups is 2. The first-order valence-electron chi connectivity index (χ1n) is 4.37. The van der Waals surface area contributed by atoms with Crippen LogP contribution in [-0.2, 0) is 9.59 Å². The van der Waals surface area contributed by atoms with E-state index in [1.165, 1.54) is 11.9 Å². The SMILES string of the molecule is CN1C(=O)CN(C(C)(C)C)CC1=O. The zero-order valence-corrected chi connectivity index (χ0v) is 8.63. The second-order valence-corrected chi connectivity index (χ2v) is 4.37. The molecule has 1 aliphatic heterocycles. The van der Waals surface area contributed by atoms with Crippen LogP contribution in [0.4, 0.5) is 0 Å². The fraction of sp³-hybridized carbons (Fsp3) is 0.778. The van der Waals surface area contributed by atoms with E-state index in [0.29, 0.717) is 13.1 Å². The molecule has 0 spiro atoms. The van der Waals surface area contributed by atoms with E-state index in [4.69, 9.17) is 0 Å². The number of likely N-dealkylation sites (N-methyl/N-ethyl adjacent to an activating group) is 1. The predicted octanol–water partition coefficient (Wildman–Crippen LogP) is 0.0855. The van der Waals surface area contributed by atoms with E-state index in [9.17, 15) is 9.59 Å². The van der Waals surface area contributed by atoms with Crippen LogP contribution in [0.2, 0.25) is 0 Å². The third-order valence-corrected chi connectivity index (χ3v) is 2.35. The van der Waals surface area contributed by atoms with Crippen LogP contribution in [0, 0.1) is 0 Å². The number of imide groups is 1. The normalized spacial score (nSPS) is 21.1. The molecular formula is C9H16N2O2. The molecule has 0 bridgehead atoms. The molecule has 4 heteroatoms. The Labute approximate surface area is 78.5 Å². The lowest BCUT2D eigenvalue weighted by molar-refractivity contribution is -0.151. The molecule has 1 aliphatic rings. The van der Waals surface area contributed by atoms with Gasteiger partial charge in [0, 0.05) is 12.6 Å². The number of nitrogens with zero attached hydrogens (tertiary/aromatic N) is 2. The highest BCUT2D eigenvalue weighted by Crippen LogP contribution is 2.16. The third-order valence-electron chi connectivity index (χ3n) is 2.35. The number of hydrogen-bond acceptors (Lipinski definition) is 3. The van der Waals surface area contributed by atoms with Crippen molar-refractivity contribution in [3.8, 4) is 0 Å². The van der Waals surface area contributed by atoms with Gasteiger partial charge in [-0.05, 0) is 20.8 Å². The van der Waals surface area contributed by atoms with Gasteiger partial charge in [-0.2, -0.15) is 0 Å². The molecule has 0 N–H and O–H groups in total. The zero-order chi connectivity index (χ0) is 10.2. The topological polar surface area (TPSA) is 40.6 Å². The minimum absolute atomic E-state index is 0.118. The van der Waals surface area contributed by atoms with Crippen molar-refractivity contribution in [2.75, 3.05) is 20.1 Å². The number of amides is 2. The summed E-state index contributed by atoms with van der Waals surface area (Å²) >= 11 is 0. The van der Waals surface area contributed by atoms with Gasteiger partial charge >= 0.3 is 0 Å². The van der Waals surface area contributed by atoms with Crippen LogP contribution in [0.15, 0.2) is 0 Å². The molecule has 0 atom stereocenters. The van der Waals surface area contributed by atoms with Gasteiger partial charge in [-0.15, -0.1) is 0 Å². The Hall–Kier alpha value is -0.900. The number of hydrogen-bond donors (Lipinski definition) is 0. The maximum Gasteiger partial charge on any atom is 0.243 e. The highest BCUT2D eigenvalue weighted by atomic mass is 16.2. The van der Waals surface area contributed by atoms with Gasteiger partial charge in [-0.3, -0.25) is 19.4 Å². The summed E-state index contributed by atoms with van der Waals surface area (Å²) in [7, 11) is 1.53. The van der Waals surface area contributed by atoms with Crippen LogP contribution in [0.1, 0.15) is 20.8 Å². The number of piperazine rings is 1. The van der Waals surface area contributed by atoms with Crippen LogP contribution >= 0.6 is 0 Å². The van der Waals surface area contributed by atoms with E-state index >= 15 is 0 Å². The summed E-state index contributed by atoms with van der Waals surface area (Å²) in [5.41, 5.74) is -0.118. The Kier molecular flexibility index (Phi) is 2.43. The summed E-state index contributed by atoms with van der Waals surface area (Å²) < 4.78 is 0. The second-order valence-electron chi connectivity index (χ2n) is 4.37. The van der Waals surface area contributed by atoms with Crippen LogP contribution in [0.3, 0.4) is 0 Å². The van der Waals surface area contributed by atoms with Gasteiger partial charge in [-0.25, -0.2) is 0 Å². The predicted molar refractivity (Wildman–Crippen MR) is 49.1 cm³/mol. The Morgan fingerprint density at radius 1 is 1.08 bits per heavy atom. The quantitative estimate of drug-likeness (QED) is 0.501. The largest absolute Gasteiger partial charge is 0.284 e. The maximum atomic E-state index is 11.3. The molecule has 0 aromatic rings. The molecule has 74 valence electrons. The first kappa shape index (κ1) is 10.2. The van der Waals surface area contributed by atoms with Gasteiger partial charge in [0.05, 0.1) is 13.1 Å². The average Bonchev–Trinajstić information content (AvgIpc) is 1.97. The average molecular weight is 184 g/mol. The van der Waals surface area contributed by atoms with E-state index in [-0.39, 0.29) is 17.4 Å². The molecule has 1 heterocycles. The molecule has 1 fully saturated rings. The Balaban J connectivity index is 2.75. The molecule has 0 unspecified atom stereocenters. The molecule has 0 aromatic heterocycles. The van der Waals surface area contributed by atoms with Crippen molar-refractivity contribution in [2.24, 2.45) is 0 Å². The lowest BCUT2D eigenvalue weighted by Gasteiger charge is -2.39. The summed E-state index contributed by atoms with van der Waals surface area (Å²) in [5.74, 6) is -0.239. The van der Waals surface area contributed by atoms with Gasteiger partial charge in [0.25, 0.3) is 0 Å². The third kappa shape index (κ3) is 2.06. The molecule has 1 rings (SSSR count). The van der Waals surface area contributed by atoms with E-state index < -0.39 is 0 Å². The van der Waals surface area contributed by atoms with Gasteiger partial charge in [0.15, 0.2) is 0 Å². The van der Waals surface area contributed by atoms with Crippen molar-refractivity contribution in [2.45, 2.75) is 26.3 Å².